The van der Waals surface area contributed by atoms with E-state index in [1.54, 1.807) is 25.1 Å². The highest BCUT2D eigenvalue weighted by atomic mass is 16.5. The molecule has 1 atom stereocenters. The predicted octanol–water partition coefficient (Wildman–Crippen LogP) is 1.06. The number of rotatable bonds is 7. The van der Waals surface area contributed by atoms with E-state index in [1.165, 1.54) is 6.92 Å². The monoisotopic (exact) mass is 347 g/mol. The van der Waals surface area contributed by atoms with E-state index in [9.17, 15) is 19.4 Å². The Labute approximate surface area is 146 Å². The lowest BCUT2D eigenvalue weighted by Crippen LogP contribution is -2.53. The third kappa shape index (κ3) is 5.06. The van der Waals surface area contributed by atoms with Crippen LogP contribution in [0.15, 0.2) is 18.2 Å². The van der Waals surface area contributed by atoms with Crippen LogP contribution in [0.1, 0.15) is 49.0 Å². The molecule has 134 valence electrons. The third-order valence-electron chi connectivity index (χ3n) is 3.89. The molecule has 1 amide bonds. The first-order valence-corrected chi connectivity index (χ1v) is 8.35. The van der Waals surface area contributed by atoms with Gasteiger partial charge in [0.2, 0.25) is 5.91 Å². The fourth-order valence-corrected chi connectivity index (χ4v) is 2.69. The summed E-state index contributed by atoms with van der Waals surface area (Å²) >= 11 is 0. The first kappa shape index (κ1) is 19.0. The second kappa shape index (κ2) is 8.66. The Kier molecular flexibility index (Phi) is 6.58. The summed E-state index contributed by atoms with van der Waals surface area (Å²) in [6.07, 6.45) is 1.36. The van der Waals surface area contributed by atoms with Crippen LogP contribution in [0, 0.1) is 0 Å². The standard InChI is InChI=1S/C17H22BNO6/c1-3-24-17(22)13-8-5-7-12-10-14(18(23)25-16(12)13)19-15(21)9-4-6-11(2)20/h5,7-8,14,23H,3-4,6,9-10H2,1-2H3,(H,19,21)/t14-/m0/s1. The number of carbonyl (C=O) groups excluding carboxylic acids is 3. The number of amides is 1. The van der Waals surface area contributed by atoms with Crippen molar-refractivity contribution in [3.8, 4) is 5.75 Å². The first-order chi connectivity index (χ1) is 11.9. The van der Waals surface area contributed by atoms with Crippen LogP contribution in [0.25, 0.3) is 0 Å². The molecule has 1 heterocycles. The lowest BCUT2D eigenvalue weighted by atomic mass is 9.72. The molecule has 0 fully saturated rings. The number of hydrogen-bond acceptors (Lipinski definition) is 6. The van der Waals surface area contributed by atoms with Crippen molar-refractivity contribution in [2.24, 2.45) is 0 Å². The number of para-hydroxylation sites is 1. The molecule has 0 spiro atoms. The lowest BCUT2D eigenvalue weighted by molar-refractivity contribution is -0.121. The number of benzene rings is 1. The molecule has 0 saturated carbocycles. The zero-order valence-electron chi connectivity index (χ0n) is 14.4. The largest absolute Gasteiger partial charge is 0.547 e. The van der Waals surface area contributed by atoms with Crippen LogP contribution in [-0.2, 0) is 20.7 Å². The molecular weight excluding hydrogens is 325 g/mol. The van der Waals surface area contributed by atoms with Crippen molar-refractivity contribution in [2.75, 3.05) is 6.61 Å². The molecule has 25 heavy (non-hydrogen) atoms. The van der Waals surface area contributed by atoms with Crippen molar-refractivity contribution >= 4 is 24.8 Å². The SMILES string of the molecule is CCOC(=O)c1cccc2c1OB(O)[C@@H](NC(=O)CCCC(C)=O)C2. The number of hydrogen-bond donors (Lipinski definition) is 2. The molecule has 0 bridgehead atoms. The summed E-state index contributed by atoms with van der Waals surface area (Å²) in [5, 5.41) is 12.9. The van der Waals surface area contributed by atoms with E-state index in [2.05, 4.69) is 5.32 Å². The van der Waals surface area contributed by atoms with E-state index < -0.39 is 19.0 Å². The van der Waals surface area contributed by atoms with Crippen LogP contribution < -0.4 is 9.97 Å². The zero-order valence-corrected chi connectivity index (χ0v) is 14.4. The summed E-state index contributed by atoms with van der Waals surface area (Å²) < 4.78 is 10.5. The van der Waals surface area contributed by atoms with Crippen molar-refractivity contribution in [3.05, 3.63) is 29.3 Å². The van der Waals surface area contributed by atoms with Crippen LogP contribution in [0.3, 0.4) is 0 Å². The maximum Gasteiger partial charge on any atom is 0.547 e. The van der Waals surface area contributed by atoms with Gasteiger partial charge in [0.1, 0.15) is 17.1 Å². The second-order valence-corrected chi connectivity index (χ2v) is 5.96. The maximum absolute atomic E-state index is 12.0. The van der Waals surface area contributed by atoms with Crippen molar-refractivity contribution < 1.29 is 28.8 Å². The van der Waals surface area contributed by atoms with Crippen molar-refractivity contribution in [1.29, 1.82) is 0 Å². The van der Waals surface area contributed by atoms with Gasteiger partial charge in [-0.1, -0.05) is 12.1 Å². The summed E-state index contributed by atoms with van der Waals surface area (Å²) in [6, 6.07) is 5.06. The molecular formula is C17H22BNO6. The average molecular weight is 347 g/mol. The molecule has 1 aromatic carbocycles. The summed E-state index contributed by atoms with van der Waals surface area (Å²) in [5.74, 6) is -1.06. The van der Waals surface area contributed by atoms with Gasteiger partial charge in [-0.2, -0.15) is 0 Å². The van der Waals surface area contributed by atoms with Gasteiger partial charge in [0.15, 0.2) is 0 Å². The fourth-order valence-electron chi connectivity index (χ4n) is 2.69. The number of ketones is 1. The average Bonchev–Trinajstić information content (AvgIpc) is 2.55. The van der Waals surface area contributed by atoms with Crippen LogP contribution in [0.5, 0.6) is 5.75 Å². The molecule has 0 aromatic heterocycles. The Morgan fingerprint density at radius 3 is 2.80 bits per heavy atom. The Bertz CT molecular complexity index is 663. The minimum Gasteiger partial charge on any atom is -0.534 e. The Morgan fingerprint density at radius 2 is 2.12 bits per heavy atom. The van der Waals surface area contributed by atoms with Gasteiger partial charge in [0.05, 0.1) is 12.5 Å². The van der Waals surface area contributed by atoms with Gasteiger partial charge in [-0.05, 0) is 38.3 Å². The van der Waals surface area contributed by atoms with Gasteiger partial charge in [0.25, 0.3) is 0 Å². The topological polar surface area (TPSA) is 102 Å². The fraction of sp³-hybridized carbons (Fsp3) is 0.471. The highest BCUT2D eigenvalue weighted by Crippen LogP contribution is 2.30. The number of Topliss-reactive ketones (excluding diaryl/α,β-unsaturated/α-hetero) is 1. The van der Waals surface area contributed by atoms with Gasteiger partial charge in [0, 0.05) is 12.8 Å². The van der Waals surface area contributed by atoms with E-state index in [-0.39, 0.29) is 36.0 Å². The smallest absolute Gasteiger partial charge is 0.534 e. The molecule has 7 nitrogen and oxygen atoms in total. The summed E-state index contributed by atoms with van der Waals surface area (Å²) in [4.78, 5) is 34.8. The number of fused-ring (bicyclic) bond motifs is 1. The number of ether oxygens (including phenoxy) is 1. The summed E-state index contributed by atoms with van der Waals surface area (Å²) in [6.45, 7) is 3.43. The van der Waals surface area contributed by atoms with Gasteiger partial charge < -0.3 is 24.5 Å². The van der Waals surface area contributed by atoms with E-state index >= 15 is 0 Å². The second-order valence-electron chi connectivity index (χ2n) is 5.96. The predicted molar refractivity (Wildman–Crippen MR) is 91.2 cm³/mol. The normalized spacial score (nSPS) is 15.8. The molecule has 0 aliphatic carbocycles. The van der Waals surface area contributed by atoms with Crippen molar-refractivity contribution in [2.45, 2.75) is 45.5 Å². The molecule has 2 N–H and O–H groups in total. The van der Waals surface area contributed by atoms with Crippen molar-refractivity contribution in [3.63, 3.8) is 0 Å². The Hall–Kier alpha value is -2.35. The highest BCUT2D eigenvalue weighted by Gasteiger charge is 2.37. The Balaban J connectivity index is 2.03. The quantitative estimate of drug-likeness (QED) is 0.565. The number of esters is 1. The van der Waals surface area contributed by atoms with E-state index in [0.717, 1.165) is 0 Å². The third-order valence-corrected chi connectivity index (χ3v) is 3.89. The van der Waals surface area contributed by atoms with E-state index in [1.807, 2.05) is 0 Å². The first-order valence-electron chi connectivity index (χ1n) is 8.35. The maximum atomic E-state index is 12.0. The zero-order chi connectivity index (χ0) is 18.4. The van der Waals surface area contributed by atoms with Gasteiger partial charge in [-0.3, -0.25) is 4.79 Å². The van der Waals surface area contributed by atoms with Gasteiger partial charge in [-0.25, -0.2) is 4.79 Å². The lowest BCUT2D eigenvalue weighted by Gasteiger charge is -2.29. The summed E-state index contributed by atoms with van der Waals surface area (Å²) in [7, 11) is -1.26. The van der Waals surface area contributed by atoms with E-state index in [0.29, 0.717) is 24.8 Å². The molecule has 0 unspecified atom stereocenters. The molecule has 2 rings (SSSR count). The van der Waals surface area contributed by atoms with Gasteiger partial charge >= 0.3 is 13.1 Å². The molecule has 1 aliphatic heterocycles. The van der Waals surface area contributed by atoms with Crippen LogP contribution in [0.4, 0.5) is 0 Å². The Morgan fingerprint density at radius 1 is 1.36 bits per heavy atom. The van der Waals surface area contributed by atoms with Crippen molar-refractivity contribution in [1.82, 2.24) is 5.32 Å². The van der Waals surface area contributed by atoms with Crippen LogP contribution in [0.2, 0.25) is 0 Å². The summed E-state index contributed by atoms with van der Waals surface area (Å²) in [5.41, 5.74) is 0.967. The highest BCUT2D eigenvalue weighted by molar-refractivity contribution is 6.47. The van der Waals surface area contributed by atoms with Crippen LogP contribution in [-0.4, -0.2) is 42.4 Å². The minimum atomic E-state index is -1.26. The molecule has 0 saturated heterocycles. The van der Waals surface area contributed by atoms with E-state index in [4.69, 9.17) is 9.39 Å². The van der Waals surface area contributed by atoms with Crippen LogP contribution >= 0.6 is 0 Å². The number of carbonyl (C=O) groups is 3. The molecule has 1 aliphatic rings. The minimum absolute atomic E-state index is 0.0363. The molecule has 1 aromatic rings. The molecule has 8 heteroatoms. The molecule has 0 radical (unpaired) electrons. The number of nitrogens with one attached hydrogen (secondary N) is 1. The van der Waals surface area contributed by atoms with Gasteiger partial charge in [-0.15, -0.1) is 0 Å².